The van der Waals surface area contributed by atoms with Crippen molar-refractivity contribution in [2.45, 2.75) is 26.7 Å². The summed E-state index contributed by atoms with van der Waals surface area (Å²) in [6, 6.07) is 5.91. The quantitative estimate of drug-likeness (QED) is 0.803. The summed E-state index contributed by atoms with van der Waals surface area (Å²) in [4.78, 5) is 11.4. The molecule has 0 aliphatic rings. The molecule has 0 aliphatic heterocycles. The minimum Gasteiger partial charge on any atom is -0.466 e. The number of carbonyl (C=O) groups excluding carboxylic acids is 1. The number of nitriles is 1. The molecule has 0 saturated heterocycles. The van der Waals surface area contributed by atoms with Gasteiger partial charge in [-0.25, -0.2) is 0 Å². The van der Waals surface area contributed by atoms with Gasteiger partial charge in [-0.15, -0.1) is 0 Å². The monoisotopic (exact) mass is 295 g/mol. The summed E-state index contributed by atoms with van der Waals surface area (Å²) in [6.07, 6.45) is 0.980. The Morgan fingerprint density at radius 1 is 1.41 bits per heavy atom. The highest BCUT2D eigenvalue weighted by molar-refractivity contribution is 9.10. The van der Waals surface area contributed by atoms with Gasteiger partial charge < -0.3 is 4.74 Å². The summed E-state index contributed by atoms with van der Waals surface area (Å²) in [5.41, 5.74) is 2.37. The van der Waals surface area contributed by atoms with E-state index in [4.69, 9.17) is 10.00 Å². The highest BCUT2D eigenvalue weighted by Crippen LogP contribution is 2.25. The first-order valence-electron chi connectivity index (χ1n) is 5.50. The third-order valence-corrected chi connectivity index (χ3v) is 3.35. The van der Waals surface area contributed by atoms with E-state index in [1.54, 1.807) is 6.92 Å². The largest absolute Gasteiger partial charge is 0.466 e. The second-order valence-electron chi connectivity index (χ2n) is 3.52. The highest BCUT2D eigenvalue weighted by atomic mass is 79.9. The number of benzene rings is 1. The second kappa shape index (κ2) is 6.41. The molecule has 0 aliphatic carbocycles. The summed E-state index contributed by atoms with van der Waals surface area (Å²) < 4.78 is 5.59. The molecule has 0 aromatic heterocycles. The van der Waals surface area contributed by atoms with E-state index in [2.05, 4.69) is 22.0 Å². The van der Waals surface area contributed by atoms with Crippen LogP contribution in [0.5, 0.6) is 0 Å². The van der Waals surface area contributed by atoms with Crippen molar-refractivity contribution in [3.8, 4) is 6.07 Å². The number of ether oxygens (including phenoxy) is 1. The Morgan fingerprint density at radius 2 is 2.06 bits per heavy atom. The Hall–Kier alpha value is -1.34. The Morgan fingerprint density at radius 3 is 2.59 bits per heavy atom. The topological polar surface area (TPSA) is 50.1 Å². The summed E-state index contributed by atoms with van der Waals surface area (Å²) in [6.45, 7) is 4.13. The number of aryl methyl sites for hydroxylation is 1. The van der Waals surface area contributed by atoms with Gasteiger partial charge in [-0.3, -0.25) is 4.79 Å². The van der Waals surface area contributed by atoms with Crippen LogP contribution in [0.4, 0.5) is 0 Å². The molecule has 0 spiro atoms. The number of hydrogen-bond acceptors (Lipinski definition) is 3. The Balaban J connectivity index is 3.04. The van der Waals surface area contributed by atoms with Gasteiger partial charge in [0, 0.05) is 4.47 Å². The summed E-state index contributed by atoms with van der Waals surface area (Å²) in [5, 5.41) is 9.10. The van der Waals surface area contributed by atoms with Gasteiger partial charge in [0.15, 0.2) is 0 Å². The highest BCUT2D eigenvalue weighted by Gasteiger charge is 2.13. The van der Waals surface area contributed by atoms with Crippen molar-refractivity contribution in [1.82, 2.24) is 0 Å². The minimum atomic E-state index is -0.277. The van der Waals surface area contributed by atoms with Crippen molar-refractivity contribution >= 4 is 21.9 Å². The molecule has 1 aromatic rings. The maximum atomic E-state index is 11.4. The Bertz CT molecular complexity index is 463. The molecule has 3 nitrogen and oxygen atoms in total. The molecule has 0 amide bonds. The van der Waals surface area contributed by atoms with Crippen LogP contribution in [0.3, 0.4) is 0 Å². The van der Waals surface area contributed by atoms with Crippen LogP contribution in [0.25, 0.3) is 0 Å². The predicted octanol–water partition coefficient (Wildman–Crippen LogP) is 2.99. The maximum absolute atomic E-state index is 11.4. The van der Waals surface area contributed by atoms with E-state index in [1.165, 1.54) is 0 Å². The van der Waals surface area contributed by atoms with Crippen molar-refractivity contribution in [2.24, 2.45) is 0 Å². The van der Waals surface area contributed by atoms with E-state index >= 15 is 0 Å². The van der Waals surface area contributed by atoms with Crippen molar-refractivity contribution < 1.29 is 9.53 Å². The minimum absolute atomic E-state index is 0.188. The van der Waals surface area contributed by atoms with Gasteiger partial charge in [0.2, 0.25) is 0 Å². The van der Waals surface area contributed by atoms with E-state index in [0.29, 0.717) is 16.6 Å². The fourth-order valence-electron chi connectivity index (χ4n) is 1.58. The molecule has 0 saturated carbocycles. The molecule has 90 valence electrons. The van der Waals surface area contributed by atoms with Gasteiger partial charge in [-0.2, -0.15) is 5.26 Å². The zero-order valence-electron chi connectivity index (χ0n) is 9.92. The first-order valence-corrected chi connectivity index (χ1v) is 6.29. The van der Waals surface area contributed by atoms with Crippen LogP contribution in [-0.2, 0) is 22.4 Å². The van der Waals surface area contributed by atoms with Gasteiger partial charge >= 0.3 is 5.97 Å². The molecule has 0 bridgehead atoms. The molecule has 0 unspecified atom stereocenters. The van der Waals surface area contributed by atoms with Crippen molar-refractivity contribution in [2.75, 3.05) is 6.61 Å². The van der Waals surface area contributed by atoms with Crippen LogP contribution in [0.15, 0.2) is 16.6 Å². The lowest BCUT2D eigenvalue weighted by atomic mass is 10.0. The average Bonchev–Trinajstić information content (AvgIpc) is 2.31. The molecule has 1 aromatic carbocycles. The van der Waals surface area contributed by atoms with Crippen molar-refractivity contribution in [3.63, 3.8) is 0 Å². The number of esters is 1. The molecule has 0 radical (unpaired) electrons. The summed E-state index contributed by atoms with van der Waals surface area (Å²) in [5.74, 6) is -0.277. The van der Waals surface area contributed by atoms with Crippen LogP contribution in [0, 0.1) is 11.3 Å². The first kappa shape index (κ1) is 13.7. The zero-order valence-corrected chi connectivity index (χ0v) is 11.5. The molecule has 4 heteroatoms. The standard InChI is InChI=1S/C13H14BrNO2/c1-3-9-5-6-10(7-12(16)17-4-2)13(14)11(9)8-15/h5-6H,3-4,7H2,1-2H3. The molecule has 0 heterocycles. The van der Waals surface area contributed by atoms with Crippen LogP contribution in [0.1, 0.15) is 30.5 Å². The van der Waals surface area contributed by atoms with Crippen LogP contribution in [0.2, 0.25) is 0 Å². The van der Waals surface area contributed by atoms with E-state index in [-0.39, 0.29) is 12.4 Å². The smallest absolute Gasteiger partial charge is 0.310 e. The SMILES string of the molecule is CCOC(=O)Cc1ccc(CC)c(C#N)c1Br. The summed E-state index contributed by atoms with van der Waals surface area (Å²) in [7, 11) is 0. The Kier molecular flexibility index (Phi) is 5.17. The maximum Gasteiger partial charge on any atom is 0.310 e. The zero-order chi connectivity index (χ0) is 12.8. The van der Waals surface area contributed by atoms with Gasteiger partial charge in [-0.1, -0.05) is 19.1 Å². The number of nitrogens with zero attached hydrogens (tertiary/aromatic N) is 1. The van der Waals surface area contributed by atoms with Crippen LogP contribution in [-0.4, -0.2) is 12.6 Å². The van der Waals surface area contributed by atoms with Gasteiger partial charge in [-0.05, 0) is 40.4 Å². The molecular weight excluding hydrogens is 282 g/mol. The molecule has 0 fully saturated rings. The Labute approximate surface area is 110 Å². The van der Waals surface area contributed by atoms with E-state index in [1.807, 2.05) is 19.1 Å². The van der Waals surface area contributed by atoms with Crippen molar-refractivity contribution in [3.05, 3.63) is 33.3 Å². The van der Waals surface area contributed by atoms with E-state index in [0.717, 1.165) is 17.5 Å². The fourth-order valence-corrected chi connectivity index (χ4v) is 2.19. The lowest BCUT2D eigenvalue weighted by Crippen LogP contribution is -2.08. The molecule has 0 N–H and O–H groups in total. The molecule has 17 heavy (non-hydrogen) atoms. The average molecular weight is 296 g/mol. The first-order chi connectivity index (χ1) is 8.13. The number of rotatable bonds is 4. The van der Waals surface area contributed by atoms with Crippen LogP contribution < -0.4 is 0 Å². The number of hydrogen-bond donors (Lipinski definition) is 0. The van der Waals surface area contributed by atoms with Crippen LogP contribution >= 0.6 is 15.9 Å². The predicted molar refractivity (Wildman–Crippen MR) is 68.6 cm³/mol. The van der Waals surface area contributed by atoms with Gasteiger partial charge in [0.25, 0.3) is 0 Å². The number of halogens is 1. The fraction of sp³-hybridized carbons (Fsp3) is 0.385. The van der Waals surface area contributed by atoms with Crippen molar-refractivity contribution in [1.29, 1.82) is 5.26 Å². The van der Waals surface area contributed by atoms with Gasteiger partial charge in [0.05, 0.1) is 18.6 Å². The lowest BCUT2D eigenvalue weighted by Gasteiger charge is -2.09. The van der Waals surface area contributed by atoms with Gasteiger partial charge in [0.1, 0.15) is 6.07 Å². The van der Waals surface area contributed by atoms with E-state index in [9.17, 15) is 4.79 Å². The normalized spacial score (nSPS) is 9.76. The molecular formula is C13H14BrNO2. The second-order valence-corrected chi connectivity index (χ2v) is 4.31. The lowest BCUT2D eigenvalue weighted by molar-refractivity contribution is -0.142. The third-order valence-electron chi connectivity index (χ3n) is 2.44. The third kappa shape index (κ3) is 3.31. The molecule has 0 atom stereocenters. The number of carbonyl (C=O) groups is 1. The van der Waals surface area contributed by atoms with E-state index < -0.39 is 0 Å². The molecule has 1 rings (SSSR count). The summed E-state index contributed by atoms with van der Waals surface area (Å²) >= 11 is 3.38.